The molecule has 0 saturated carbocycles. The fraction of sp³-hybridized carbons (Fsp3) is 0.0588. The average Bonchev–Trinajstić information content (AvgIpc) is 2.60. The number of ether oxygens (including phenoxy) is 1. The number of nitriles is 1. The van der Waals surface area contributed by atoms with E-state index in [9.17, 15) is 14.9 Å². The molecule has 2 aromatic carbocycles. The van der Waals surface area contributed by atoms with E-state index in [1.54, 1.807) is 31.4 Å². The number of carbonyl (C=O) groups excluding carboxylic acids is 1. The molecule has 2 rings (SSSR count). The Kier molecular flexibility index (Phi) is 5.26. The molecule has 0 aliphatic rings. The van der Waals surface area contributed by atoms with E-state index in [2.05, 4.69) is 5.32 Å². The number of hydrogen-bond donors (Lipinski definition) is 1. The zero-order valence-corrected chi connectivity index (χ0v) is 12.7. The highest BCUT2D eigenvalue weighted by molar-refractivity contribution is 6.09. The predicted octanol–water partition coefficient (Wildman–Crippen LogP) is 3.15. The first kappa shape index (κ1) is 16.7. The number of anilines is 1. The van der Waals surface area contributed by atoms with E-state index in [4.69, 9.17) is 10.00 Å². The van der Waals surface area contributed by atoms with Gasteiger partial charge < -0.3 is 10.1 Å². The minimum atomic E-state index is -0.595. The number of methoxy groups -OCH3 is 1. The zero-order chi connectivity index (χ0) is 17.5. The second-order valence-corrected chi connectivity index (χ2v) is 4.70. The van der Waals surface area contributed by atoms with Crippen molar-refractivity contribution in [1.29, 1.82) is 5.26 Å². The molecule has 0 aliphatic carbocycles. The van der Waals surface area contributed by atoms with Gasteiger partial charge in [0.05, 0.1) is 12.0 Å². The van der Waals surface area contributed by atoms with Crippen LogP contribution in [0.15, 0.2) is 54.1 Å². The van der Waals surface area contributed by atoms with E-state index in [1.807, 2.05) is 6.07 Å². The molecule has 24 heavy (non-hydrogen) atoms. The summed E-state index contributed by atoms with van der Waals surface area (Å²) in [6, 6.07) is 14.1. The van der Waals surface area contributed by atoms with E-state index >= 15 is 0 Å². The van der Waals surface area contributed by atoms with Crippen LogP contribution < -0.4 is 10.1 Å². The molecule has 0 saturated heterocycles. The molecule has 1 N–H and O–H groups in total. The number of rotatable bonds is 5. The van der Waals surface area contributed by atoms with Gasteiger partial charge in [0.2, 0.25) is 0 Å². The van der Waals surface area contributed by atoms with Crippen LogP contribution in [-0.2, 0) is 4.79 Å². The number of carbonyl (C=O) groups is 1. The number of amides is 1. The standard InChI is InChI=1S/C17H13N3O4/c1-24-16-8-2-12(3-9-16)10-13(11-18)17(21)19-14-4-6-15(7-5-14)20(22)23/h2-10H,1H3,(H,19,21). The normalized spacial score (nSPS) is 10.6. The Morgan fingerprint density at radius 1 is 1.21 bits per heavy atom. The van der Waals surface area contributed by atoms with Gasteiger partial charge in [-0.3, -0.25) is 14.9 Å². The van der Waals surface area contributed by atoms with Gasteiger partial charge in [-0.1, -0.05) is 12.1 Å². The summed E-state index contributed by atoms with van der Waals surface area (Å²) in [7, 11) is 1.54. The third kappa shape index (κ3) is 4.18. The van der Waals surface area contributed by atoms with Crippen LogP contribution in [0.5, 0.6) is 5.75 Å². The van der Waals surface area contributed by atoms with E-state index in [0.29, 0.717) is 17.0 Å². The summed E-state index contributed by atoms with van der Waals surface area (Å²) in [5, 5.41) is 22.3. The highest BCUT2D eigenvalue weighted by Crippen LogP contribution is 2.17. The molecule has 0 aromatic heterocycles. The van der Waals surface area contributed by atoms with Crippen molar-refractivity contribution in [2.45, 2.75) is 0 Å². The van der Waals surface area contributed by atoms with Gasteiger partial charge in [-0.2, -0.15) is 5.26 Å². The number of hydrogen-bond acceptors (Lipinski definition) is 5. The molecule has 120 valence electrons. The fourth-order valence-electron chi connectivity index (χ4n) is 1.88. The van der Waals surface area contributed by atoms with Crippen LogP contribution in [0.1, 0.15) is 5.56 Å². The summed E-state index contributed by atoms with van der Waals surface area (Å²) in [5.41, 5.74) is 0.869. The third-order valence-electron chi connectivity index (χ3n) is 3.13. The molecule has 0 spiro atoms. The van der Waals surface area contributed by atoms with Crippen molar-refractivity contribution in [2.24, 2.45) is 0 Å². The Hall–Kier alpha value is -3.66. The lowest BCUT2D eigenvalue weighted by Gasteiger charge is -2.04. The monoisotopic (exact) mass is 323 g/mol. The number of nitro groups is 1. The summed E-state index contributed by atoms with van der Waals surface area (Å²) in [5.74, 6) is 0.0724. The van der Waals surface area contributed by atoms with E-state index in [1.165, 1.54) is 30.3 Å². The molecule has 0 bridgehead atoms. The Bertz CT molecular complexity index is 818. The zero-order valence-electron chi connectivity index (χ0n) is 12.7. The lowest BCUT2D eigenvalue weighted by molar-refractivity contribution is -0.384. The van der Waals surface area contributed by atoms with Crippen molar-refractivity contribution in [2.75, 3.05) is 12.4 Å². The molecular weight excluding hydrogens is 310 g/mol. The quantitative estimate of drug-likeness (QED) is 0.394. The van der Waals surface area contributed by atoms with Gasteiger partial charge in [-0.15, -0.1) is 0 Å². The van der Waals surface area contributed by atoms with Crippen molar-refractivity contribution in [3.05, 3.63) is 69.8 Å². The van der Waals surface area contributed by atoms with Gasteiger partial charge in [-0.05, 0) is 35.9 Å². The Balaban J connectivity index is 2.14. The molecule has 1 amide bonds. The van der Waals surface area contributed by atoms with Gasteiger partial charge in [-0.25, -0.2) is 0 Å². The van der Waals surface area contributed by atoms with Crippen LogP contribution in [0.4, 0.5) is 11.4 Å². The second kappa shape index (κ2) is 7.56. The maximum Gasteiger partial charge on any atom is 0.269 e. The van der Waals surface area contributed by atoms with Crippen molar-refractivity contribution < 1.29 is 14.5 Å². The van der Waals surface area contributed by atoms with Gasteiger partial charge in [0.25, 0.3) is 11.6 Å². The minimum absolute atomic E-state index is 0.0812. The summed E-state index contributed by atoms with van der Waals surface area (Å²) in [4.78, 5) is 22.2. The van der Waals surface area contributed by atoms with Crippen molar-refractivity contribution >= 4 is 23.4 Å². The van der Waals surface area contributed by atoms with Crippen molar-refractivity contribution in [1.82, 2.24) is 0 Å². The number of nitrogens with zero attached hydrogens (tertiary/aromatic N) is 2. The first-order valence-corrected chi connectivity index (χ1v) is 6.85. The molecule has 0 fully saturated rings. The van der Waals surface area contributed by atoms with Crippen LogP contribution in [0.3, 0.4) is 0 Å². The molecule has 0 radical (unpaired) electrons. The Morgan fingerprint density at radius 3 is 2.33 bits per heavy atom. The fourth-order valence-corrected chi connectivity index (χ4v) is 1.88. The van der Waals surface area contributed by atoms with Gasteiger partial charge >= 0.3 is 0 Å². The SMILES string of the molecule is COc1ccc(C=C(C#N)C(=O)Nc2ccc([N+](=O)[O-])cc2)cc1. The maximum absolute atomic E-state index is 12.1. The molecule has 0 aliphatic heterocycles. The van der Waals surface area contributed by atoms with Crippen LogP contribution in [0.2, 0.25) is 0 Å². The molecular formula is C17H13N3O4. The van der Waals surface area contributed by atoms with E-state index in [-0.39, 0.29) is 11.3 Å². The second-order valence-electron chi connectivity index (χ2n) is 4.70. The topological polar surface area (TPSA) is 105 Å². The first-order chi connectivity index (χ1) is 11.5. The average molecular weight is 323 g/mol. The van der Waals surface area contributed by atoms with Crippen molar-refractivity contribution in [3.8, 4) is 11.8 Å². The molecule has 0 unspecified atom stereocenters. The van der Waals surface area contributed by atoms with E-state index < -0.39 is 10.8 Å². The first-order valence-electron chi connectivity index (χ1n) is 6.85. The van der Waals surface area contributed by atoms with Crippen LogP contribution >= 0.6 is 0 Å². The molecule has 0 heterocycles. The molecule has 2 aromatic rings. The summed E-state index contributed by atoms with van der Waals surface area (Å²) in [6.07, 6.45) is 1.44. The highest BCUT2D eigenvalue weighted by Gasteiger charge is 2.11. The van der Waals surface area contributed by atoms with Gasteiger partial charge in [0, 0.05) is 17.8 Å². The molecule has 7 heteroatoms. The third-order valence-corrected chi connectivity index (χ3v) is 3.13. The Labute approximate surface area is 137 Å². The van der Waals surface area contributed by atoms with Crippen molar-refractivity contribution in [3.63, 3.8) is 0 Å². The number of benzene rings is 2. The summed E-state index contributed by atoms with van der Waals surface area (Å²) < 4.78 is 5.04. The Morgan fingerprint density at radius 2 is 1.83 bits per heavy atom. The van der Waals surface area contributed by atoms with Gasteiger partial charge in [0.15, 0.2) is 0 Å². The highest BCUT2D eigenvalue weighted by atomic mass is 16.6. The van der Waals surface area contributed by atoms with Crippen LogP contribution in [-0.4, -0.2) is 17.9 Å². The lowest BCUT2D eigenvalue weighted by atomic mass is 10.1. The minimum Gasteiger partial charge on any atom is -0.497 e. The molecule has 7 nitrogen and oxygen atoms in total. The molecule has 0 atom stereocenters. The summed E-state index contributed by atoms with van der Waals surface area (Å²) in [6.45, 7) is 0. The number of nitro benzene ring substituents is 1. The van der Waals surface area contributed by atoms with Crippen LogP contribution in [0, 0.1) is 21.4 Å². The number of nitrogens with one attached hydrogen (secondary N) is 1. The largest absolute Gasteiger partial charge is 0.497 e. The maximum atomic E-state index is 12.1. The van der Waals surface area contributed by atoms with Crippen LogP contribution in [0.25, 0.3) is 6.08 Å². The number of non-ortho nitro benzene ring substituents is 1. The lowest BCUT2D eigenvalue weighted by Crippen LogP contribution is -2.13. The summed E-state index contributed by atoms with van der Waals surface area (Å²) >= 11 is 0. The predicted molar refractivity (Wildman–Crippen MR) is 88.3 cm³/mol. The van der Waals surface area contributed by atoms with E-state index in [0.717, 1.165) is 0 Å². The van der Waals surface area contributed by atoms with Gasteiger partial charge in [0.1, 0.15) is 17.4 Å². The smallest absolute Gasteiger partial charge is 0.269 e.